The molecule has 0 unspecified atom stereocenters. The van der Waals surface area contributed by atoms with E-state index in [0.717, 1.165) is 41.0 Å². The van der Waals surface area contributed by atoms with Gasteiger partial charge >= 0.3 is 0 Å². The van der Waals surface area contributed by atoms with Gasteiger partial charge in [0.15, 0.2) is 0 Å². The van der Waals surface area contributed by atoms with Crippen LogP contribution in [0.25, 0.3) is 10.9 Å². The first-order valence-corrected chi connectivity index (χ1v) is 11.5. The maximum absolute atomic E-state index is 12.8. The van der Waals surface area contributed by atoms with Crippen LogP contribution in [0.3, 0.4) is 0 Å². The summed E-state index contributed by atoms with van der Waals surface area (Å²) < 4.78 is 7.93. The summed E-state index contributed by atoms with van der Waals surface area (Å²) in [6.45, 7) is 4.22. The summed E-state index contributed by atoms with van der Waals surface area (Å²) in [5.41, 5.74) is 2.74. The first-order valence-electron chi connectivity index (χ1n) is 11.5. The Morgan fingerprint density at radius 3 is 2.55 bits per heavy atom. The quantitative estimate of drug-likeness (QED) is 0.414. The Kier molecular flexibility index (Phi) is 6.35. The molecule has 2 heterocycles. The highest BCUT2D eigenvalue weighted by atomic mass is 16.5. The Bertz CT molecular complexity index is 1230. The molecular formula is C27H28N4O2. The van der Waals surface area contributed by atoms with E-state index in [-0.39, 0.29) is 12.3 Å². The lowest BCUT2D eigenvalue weighted by atomic mass is 10.1. The maximum atomic E-state index is 12.8. The molecule has 168 valence electrons. The number of aromatic nitrogens is 2. The number of fused-ring (bicyclic) bond motifs is 1. The molecule has 4 aromatic rings. The van der Waals surface area contributed by atoms with E-state index in [1.54, 1.807) is 0 Å². The lowest BCUT2D eigenvalue weighted by molar-refractivity contribution is -0.115. The number of nitrogens with one attached hydrogen (secondary N) is 1. The molecule has 6 nitrogen and oxygen atoms in total. The van der Waals surface area contributed by atoms with E-state index in [2.05, 4.69) is 21.4 Å². The largest absolute Gasteiger partial charge is 0.457 e. The zero-order valence-electron chi connectivity index (χ0n) is 18.6. The molecule has 1 saturated heterocycles. The molecule has 1 aliphatic rings. The molecule has 1 aliphatic heterocycles. The second-order valence-corrected chi connectivity index (χ2v) is 8.44. The van der Waals surface area contributed by atoms with Crippen molar-refractivity contribution in [3.05, 3.63) is 84.6 Å². The van der Waals surface area contributed by atoms with Crippen LogP contribution in [0, 0.1) is 0 Å². The normalized spacial score (nSPS) is 13.9. The van der Waals surface area contributed by atoms with Gasteiger partial charge in [-0.15, -0.1) is 0 Å². The molecule has 0 bridgehead atoms. The lowest BCUT2D eigenvalue weighted by Gasteiger charge is -2.14. The highest BCUT2D eigenvalue weighted by Crippen LogP contribution is 2.25. The van der Waals surface area contributed by atoms with Gasteiger partial charge in [-0.25, -0.2) is 0 Å². The van der Waals surface area contributed by atoms with Crippen LogP contribution in [0.15, 0.2) is 79.0 Å². The van der Waals surface area contributed by atoms with Crippen molar-refractivity contribution in [1.29, 1.82) is 0 Å². The molecule has 33 heavy (non-hydrogen) atoms. The average Bonchev–Trinajstić information content (AvgIpc) is 3.49. The molecule has 3 aromatic carbocycles. The fraction of sp³-hybridized carbons (Fsp3) is 0.259. The number of para-hydroxylation sites is 1. The van der Waals surface area contributed by atoms with Crippen LogP contribution in [-0.2, 0) is 17.8 Å². The van der Waals surface area contributed by atoms with Crippen molar-refractivity contribution in [1.82, 2.24) is 14.7 Å². The molecule has 1 amide bonds. The van der Waals surface area contributed by atoms with Crippen LogP contribution in [0.1, 0.15) is 18.4 Å². The Morgan fingerprint density at radius 1 is 0.909 bits per heavy atom. The van der Waals surface area contributed by atoms with Gasteiger partial charge in [-0.05, 0) is 67.9 Å². The van der Waals surface area contributed by atoms with Gasteiger partial charge in [-0.3, -0.25) is 9.48 Å². The van der Waals surface area contributed by atoms with Gasteiger partial charge in [0, 0.05) is 11.9 Å². The van der Waals surface area contributed by atoms with Crippen molar-refractivity contribution in [3.63, 3.8) is 0 Å². The zero-order valence-corrected chi connectivity index (χ0v) is 18.6. The number of likely N-dealkylation sites (tertiary alicyclic amines) is 1. The van der Waals surface area contributed by atoms with E-state index in [0.29, 0.717) is 5.75 Å². The van der Waals surface area contributed by atoms with Gasteiger partial charge in [0.05, 0.1) is 30.4 Å². The number of anilines is 1. The molecular weight excluding hydrogens is 412 g/mol. The van der Waals surface area contributed by atoms with Crippen LogP contribution >= 0.6 is 0 Å². The Labute approximate surface area is 193 Å². The number of carbonyl (C=O) groups excluding carboxylic acids is 1. The first kappa shape index (κ1) is 21.2. The number of hydrogen-bond donors (Lipinski definition) is 1. The molecule has 6 heteroatoms. The van der Waals surface area contributed by atoms with Gasteiger partial charge in [0.2, 0.25) is 5.91 Å². The number of nitrogens with zero attached hydrogens (tertiary/aromatic N) is 3. The molecule has 5 rings (SSSR count). The molecule has 0 radical (unpaired) electrons. The predicted molar refractivity (Wildman–Crippen MR) is 131 cm³/mol. The number of hydrogen-bond acceptors (Lipinski definition) is 4. The van der Waals surface area contributed by atoms with E-state index >= 15 is 0 Å². The number of ether oxygens (including phenoxy) is 1. The molecule has 1 aromatic heterocycles. The maximum Gasteiger partial charge on any atom is 0.228 e. The highest BCUT2D eigenvalue weighted by Gasteiger charge is 2.14. The molecule has 0 saturated carbocycles. The summed E-state index contributed by atoms with van der Waals surface area (Å²) in [6, 6.07) is 23.2. The third kappa shape index (κ3) is 5.23. The number of amides is 1. The van der Waals surface area contributed by atoms with E-state index < -0.39 is 0 Å². The minimum absolute atomic E-state index is 0.0656. The Hall–Kier alpha value is -3.64. The third-order valence-electron chi connectivity index (χ3n) is 6.03. The SMILES string of the molecule is O=C(Cc1cccc(Oc2ccccc2)c1)Nc1cccc2c1cnn2CCN1CCCC1. The van der Waals surface area contributed by atoms with Crippen LogP contribution in [0.4, 0.5) is 5.69 Å². The summed E-state index contributed by atoms with van der Waals surface area (Å²) in [7, 11) is 0. The van der Waals surface area contributed by atoms with Gasteiger partial charge < -0.3 is 15.0 Å². The average molecular weight is 441 g/mol. The highest BCUT2D eigenvalue weighted by molar-refractivity contribution is 6.01. The van der Waals surface area contributed by atoms with Crippen LogP contribution in [-0.4, -0.2) is 40.2 Å². The molecule has 0 atom stereocenters. The summed E-state index contributed by atoms with van der Waals surface area (Å²) in [6.07, 6.45) is 4.70. The van der Waals surface area contributed by atoms with Crippen molar-refractivity contribution in [2.75, 3.05) is 25.0 Å². The first-order chi connectivity index (χ1) is 16.2. The monoisotopic (exact) mass is 440 g/mol. The van der Waals surface area contributed by atoms with Crippen LogP contribution in [0.5, 0.6) is 11.5 Å². The second-order valence-electron chi connectivity index (χ2n) is 8.44. The van der Waals surface area contributed by atoms with E-state index in [1.165, 1.54) is 25.9 Å². The van der Waals surface area contributed by atoms with Gasteiger partial charge in [-0.1, -0.05) is 36.4 Å². The molecule has 0 spiro atoms. The summed E-state index contributed by atoms with van der Waals surface area (Å²) >= 11 is 0. The second kappa shape index (κ2) is 9.88. The molecule has 0 aliphatic carbocycles. The minimum Gasteiger partial charge on any atom is -0.457 e. The number of carbonyl (C=O) groups is 1. The molecule has 1 fully saturated rings. The number of rotatable bonds is 8. The zero-order chi connectivity index (χ0) is 22.5. The fourth-order valence-electron chi connectivity index (χ4n) is 4.36. The van der Waals surface area contributed by atoms with Gasteiger partial charge in [0.1, 0.15) is 11.5 Å². The fourth-order valence-corrected chi connectivity index (χ4v) is 4.36. The van der Waals surface area contributed by atoms with Gasteiger partial charge in [0.25, 0.3) is 0 Å². The predicted octanol–water partition coefficient (Wildman–Crippen LogP) is 5.11. The Morgan fingerprint density at radius 2 is 1.70 bits per heavy atom. The third-order valence-corrected chi connectivity index (χ3v) is 6.03. The van der Waals surface area contributed by atoms with Gasteiger partial charge in [-0.2, -0.15) is 5.10 Å². The topological polar surface area (TPSA) is 59.4 Å². The minimum atomic E-state index is -0.0656. The Balaban J connectivity index is 1.24. The lowest BCUT2D eigenvalue weighted by Crippen LogP contribution is -2.24. The van der Waals surface area contributed by atoms with Crippen LogP contribution < -0.4 is 10.1 Å². The smallest absolute Gasteiger partial charge is 0.228 e. The van der Waals surface area contributed by atoms with Crippen molar-refractivity contribution >= 4 is 22.5 Å². The summed E-state index contributed by atoms with van der Waals surface area (Å²) in [5.74, 6) is 1.42. The van der Waals surface area contributed by atoms with Crippen molar-refractivity contribution in [3.8, 4) is 11.5 Å². The van der Waals surface area contributed by atoms with E-state index in [9.17, 15) is 4.79 Å². The standard InChI is InChI=1S/C27H28N4O2/c32-27(19-21-8-6-11-23(18-21)33-22-9-2-1-3-10-22)29-25-12-7-13-26-24(25)20-28-31(26)17-16-30-14-4-5-15-30/h1-3,6-13,18,20H,4-5,14-17,19H2,(H,29,32). The number of benzene rings is 3. The summed E-state index contributed by atoms with van der Waals surface area (Å²) in [4.78, 5) is 15.3. The van der Waals surface area contributed by atoms with Crippen molar-refractivity contribution in [2.24, 2.45) is 0 Å². The molecule has 1 N–H and O–H groups in total. The summed E-state index contributed by atoms with van der Waals surface area (Å²) in [5, 5.41) is 8.62. The van der Waals surface area contributed by atoms with Crippen molar-refractivity contribution in [2.45, 2.75) is 25.8 Å². The van der Waals surface area contributed by atoms with E-state index in [1.807, 2.05) is 77.6 Å². The van der Waals surface area contributed by atoms with E-state index in [4.69, 9.17) is 4.74 Å². The van der Waals surface area contributed by atoms with Crippen molar-refractivity contribution < 1.29 is 9.53 Å². The van der Waals surface area contributed by atoms with Crippen LogP contribution in [0.2, 0.25) is 0 Å².